The van der Waals surface area contributed by atoms with E-state index in [9.17, 15) is 19.5 Å². The molecule has 3 unspecified atom stereocenters. The predicted octanol–water partition coefficient (Wildman–Crippen LogP) is 2.87. The van der Waals surface area contributed by atoms with Crippen LogP contribution < -0.4 is 0 Å². The first-order valence-electron chi connectivity index (χ1n) is 9.71. The molecule has 136 valence electrons. The number of carbonyl (C=O) groups is 3. The fraction of sp³-hybridized carbons (Fsp3) is 0.762. The Bertz CT molecular complexity index is 677. The third kappa shape index (κ3) is 2.26. The number of carbonyl (C=O) groups excluding carboxylic acids is 3. The van der Waals surface area contributed by atoms with Gasteiger partial charge in [-0.2, -0.15) is 0 Å². The van der Waals surface area contributed by atoms with Crippen LogP contribution in [0.25, 0.3) is 0 Å². The quantitative estimate of drug-likeness (QED) is 0.836. The minimum absolute atomic E-state index is 0.00153. The van der Waals surface area contributed by atoms with E-state index in [2.05, 4.69) is 13.8 Å². The Hall–Kier alpha value is -1.29. The first-order valence-corrected chi connectivity index (χ1v) is 9.71. The van der Waals surface area contributed by atoms with Gasteiger partial charge in [-0.05, 0) is 60.8 Å². The van der Waals surface area contributed by atoms with Crippen LogP contribution in [0.1, 0.15) is 58.8 Å². The van der Waals surface area contributed by atoms with E-state index in [1.807, 2.05) is 6.08 Å². The second-order valence-electron chi connectivity index (χ2n) is 9.24. The highest BCUT2D eigenvalue weighted by molar-refractivity contribution is 5.93. The molecule has 4 aliphatic rings. The molecule has 0 aliphatic heterocycles. The second-order valence-corrected chi connectivity index (χ2v) is 9.24. The maximum atomic E-state index is 13.3. The van der Waals surface area contributed by atoms with Crippen molar-refractivity contribution in [1.29, 1.82) is 0 Å². The number of rotatable bonds is 2. The van der Waals surface area contributed by atoms with Crippen molar-refractivity contribution in [3.05, 3.63) is 11.6 Å². The molecule has 0 radical (unpaired) electrons. The first-order chi connectivity index (χ1) is 11.8. The summed E-state index contributed by atoms with van der Waals surface area (Å²) in [6.07, 6.45) is 7.23. The van der Waals surface area contributed by atoms with Gasteiger partial charge in [0.2, 0.25) is 0 Å². The smallest absolute Gasteiger partial charge is 0.161 e. The van der Waals surface area contributed by atoms with Gasteiger partial charge in [0.25, 0.3) is 0 Å². The van der Waals surface area contributed by atoms with Crippen molar-refractivity contribution in [2.75, 3.05) is 6.61 Å². The van der Waals surface area contributed by atoms with Crippen molar-refractivity contribution in [2.24, 2.45) is 34.5 Å². The van der Waals surface area contributed by atoms with Crippen molar-refractivity contribution < 1.29 is 19.5 Å². The highest BCUT2D eigenvalue weighted by atomic mass is 16.3. The van der Waals surface area contributed by atoms with Crippen LogP contribution in [0.4, 0.5) is 0 Å². The molecule has 0 aromatic rings. The van der Waals surface area contributed by atoms with Gasteiger partial charge in [-0.1, -0.05) is 19.4 Å². The molecule has 1 N–H and O–H groups in total. The molecule has 4 aliphatic carbocycles. The summed E-state index contributed by atoms with van der Waals surface area (Å²) in [7, 11) is 0. The Labute approximate surface area is 149 Å². The molecule has 0 aromatic heterocycles. The summed E-state index contributed by atoms with van der Waals surface area (Å²) >= 11 is 0. The normalized spacial score (nSPS) is 46.1. The average Bonchev–Trinajstić information content (AvgIpc) is 2.91. The molecular weight excluding hydrogens is 316 g/mol. The number of fused-ring (bicyclic) bond motifs is 5. The van der Waals surface area contributed by atoms with E-state index in [1.165, 1.54) is 5.57 Å². The van der Waals surface area contributed by atoms with Gasteiger partial charge in [-0.15, -0.1) is 0 Å². The van der Waals surface area contributed by atoms with Gasteiger partial charge in [0.15, 0.2) is 11.6 Å². The lowest BCUT2D eigenvalue weighted by atomic mass is 9.46. The fourth-order valence-corrected chi connectivity index (χ4v) is 7.02. The summed E-state index contributed by atoms with van der Waals surface area (Å²) in [5.74, 6) is 0.913. The highest BCUT2D eigenvalue weighted by Gasteiger charge is 2.62. The average molecular weight is 344 g/mol. The molecule has 3 saturated carbocycles. The van der Waals surface area contributed by atoms with Crippen molar-refractivity contribution in [3.63, 3.8) is 0 Å². The third-order valence-electron chi connectivity index (χ3n) is 8.19. The van der Waals surface area contributed by atoms with Crippen LogP contribution in [-0.4, -0.2) is 29.1 Å². The van der Waals surface area contributed by atoms with E-state index in [1.54, 1.807) is 0 Å². The lowest BCUT2D eigenvalue weighted by Gasteiger charge is -2.56. The Balaban J connectivity index is 1.71. The molecule has 6 atom stereocenters. The van der Waals surface area contributed by atoms with Crippen LogP contribution >= 0.6 is 0 Å². The molecule has 3 fully saturated rings. The standard InChI is InChI=1S/C21H28O4/c1-20-8-7-13(23)9-12(20)3-4-14-15-5-6-16(18(25)11-22)21(15,2)10-17(24)19(14)20/h9,14-16,19,22H,3-8,10-11H2,1-2H3/t14-,15?,16?,19?,20-,21-/m0/s1. The minimum Gasteiger partial charge on any atom is -0.389 e. The number of hydrogen-bond donors (Lipinski definition) is 1. The van der Waals surface area contributed by atoms with Crippen LogP contribution in [0.5, 0.6) is 0 Å². The van der Waals surface area contributed by atoms with Gasteiger partial charge in [-0.3, -0.25) is 14.4 Å². The van der Waals surface area contributed by atoms with Crippen LogP contribution in [-0.2, 0) is 14.4 Å². The van der Waals surface area contributed by atoms with Crippen molar-refractivity contribution in [1.82, 2.24) is 0 Å². The van der Waals surface area contributed by atoms with Crippen molar-refractivity contribution in [3.8, 4) is 0 Å². The van der Waals surface area contributed by atoms with Gasteiger partial charge in [0, 0.05) is 24.7 Å². The van der Waals surface area contributed by atoms with E-state index in [0.717, 1.165) is 32.1 Å². The molecule has 0 heterocycles. The zero-order valence-corrected chi connectivity index (χ0v) is 15.2. The zero-order chi connectivity index (χ0) is 18.0. The zero-order valence-electron chi connectivity index (χ0n) is 15.2. The van der Waals surface area contributed by atoms with Gasteiger partial charge in [0.05, 0.1) is 0 Å². The van der Waals surface area contributed by atoms with E-state index in [0.29, 0.717) is 24.7 Å². The SMILES string of the molecule is C[C@]12CC(=O)C3[C@@H](CCC4=CC(=O)CC[C@@]43C)C1CCC2C(=O)CO. The van der Waals surface area contributed by atoms with Gasteiger partial charge in [0.1, 0.15) is 12.4 Å². The summed E-state index contributed by atoms with van der Waals surface area (Å²) < 4.78 is 0. The number of aliphatic hydroxyl groups excluding tert-OH is 1. The van der Waals surface area contributed by atoms with Crippen LogP contribution in [0, 0.1) is 34.5 Å². The number of hydrogen-bond acceptors (Lipinski definition) is 4. The molecule has 0 amide bonds. The molecule has 4 rings (SSSR count). The molecule has 4 nitrogen and oxygen atoms in total. The third-order valence-corrected chi connectivity index (χ3v) is 8.19. The summed E-state index contributed by atoms with van der Waals surface area (Å²) in [4.78, 5) is 37.4. The first kappa shape index (κ1) is 17.1. The molecule has 4 heteroatoms. The van der Waals surface area contributed by atoms with Crippen LogP contribution in [0.2, 0.25) is 0 Å². The molecule has 0 saturated heterocycles. The van der Waals surface area contributed by atoms with E-state index in [4.69, 9.17) is 0 Å². The Kier molecular flexibility index (Phi) is 3.84. The van der Waals surface area contributed by atoms with Crippen LogP contribution in [0.15, 0.2) is 11.6 Å². The molecular formula is C21H28O4. The molecule has 0 bridgehead atoms. The van der Waals surface area contributed by atoms with Gasteiger partial charge in [-0.25, -0.2) is 0 Å². The lowest BCUT2D eigenvalue weighted by Crippen LogP contribution is -2.55. The molecule has 25 heavy (non-hydrogen) atoms. The summed E-state index contributed by atoms with van der Waals surface area (Å²) in [5, 5.41) is 9.34. The number of aliphatic hydroxyl groups is 1. The van der Waals surface area contributed by atoms with Crippen molar-refractivity contribution >= 4 is 17.3 Å². The largest absolute Gasteiger partial charge is 0.389 e. The summed E-state index contributed by atoms with van der Waals surface area (Å²) in [6.45, 7) is 3.88. The lowest BCUT2D eigenvalue weighted by molar-refractivity contribution is -0.149. The van der Waals surface area contributed by atoms with Gasteiger partial charge < -0.3 is 5.11 Å². The maximum Gasteiger partial charge on any atom is 0.161 e. The van der Waals surface area contributed by atoms with Crippen molar-refractivity contribution in [2.45, 2.75) is 58.8 Å². The maximum absolute atomic E-state index is 13.3. The summed E-state index contributed by atoms with van der Waals surface area (Å²) in [6, 6.07) is 0. The Morgan fingerprint density at radius 1 is 1.20 bits per heavy atom. The Morgan fingerprint density at radius 2 is 1.96 bits per heavy atom. The van der Waals surface area contributed by atoms with Crippen LogP contribution in [0.3, 0.4) is 0 Å². The number of Topliss-reactive ketones (excluding diaryl/α,β-unsaturated/α-hetero) is 2. The topological polar surface area (TPSA) is 71.4 Å². The second kappa shape index (κ2) is 5.60. The van der Waals surface area contributed by atoms with Gasteiger partial charge >= 0.3 is 0 Å². The number of ketones is 3. The van der Waals surface area contributed by atoms with E-state index in [-0.39, 0.29) is 40.0 Å². The predicted molar refractivity (Wildman–Crippen MR) is 92.7 cm³/mol. The summed E-state index contributed by atoms with van der Waals surface area (Å²) in [5.41, 5.74) is 0.719. The molecule has 0 aromatic carbocycles. The number of allylic oxidation sites excluding steroid dienone is 1. The monoisotopic (exact) mass is 344 g/mol. The Morgan fingerprint density at radius 3 is 2.68 bits per heavy atom. The fourth-order valence-electron chi connectivity index (χ4n) is 7.02. The molecule has 0 spiro atoms. The highest BCUT2D eigenvalue weighted by Crippen LogP contribution is 2.65. The van der Waals surface area contributed by atoms with E-state index >= 15 is 0 Å². The minimum atomic E-state index is -0.415. The van der Waals surface area contributed by atoms with E-state index < -0.39 is 6.61 Å².